The molecule has 8 heteroatoms. The Balaban J connectivity index is 1.72. The van der Waals surface area contributed by atoms with Crippen molar-refractivity contribution < 1.29 is 18.6 Å². The van der Waals surface area contributed by atoms with Crippen molar-refractivity contribution in [3.63, 3.8) is 0 Å². The molecule has 0 aliphatic heterocycles. The lowest BCUT2D eigenvalue weighted by molar-refractivity contribution is 0.340. The van der Waals surface area contributed by atoms with Gasteiger partial charge in [-0.05, 0) is 55.5 Å². The molecular formula is C20H16F2N4O2. The van der Waals surface area contributed by atoms with E-state index in [1.165, 1.54) is 24.3 Å². The molecular weight excluding hydrogens is 366 g/mol. The van der Waals surface area contributed by atoms with Crippen LogP contribution in [-0.4, -0.2) is 11.7 Å². The van der Waals surface area contributed by atoms with Crippen molar-refractivity contribution >= 4 is 22.7 Å². The number of hydrogen-bond donors (Lipinski definition) is 1. The summed E-state index contributed by atoms with van der Waals surface area (Å²) in [5.74, 6) is -0.937. The van der Waals surface area contributed by atoms with Gasteiger partial charge in [-0.3, -0.25) is 0 Å². The predicted octanol–water partition coefficient (Wildman–Crippen LogP) is 6.90. The van der Waals surface area contributed by atoms with Gasteiger partial charge in [0.05, 0.1) is 18.0 Å². The monoisotopic (exact) mass is 382 g/mol. The van der Waals surface area contributed by atoms with Gasteiger partial charge >= 0.3 is 0 Å². The van der Waals surface area contributed by atoms with Gasteiger partial charge in [0.25, 0.3) is 0 Å². The number of phenols is 1. The summed E-state index contributed by atoms with van der Waals surface area (Å²) >= 11 is 0. The number of benzene rings is 3. The van der Waals surface area contributed by atoms with Crippen LogP contribution in [0.5, 0.6) is 11.5 Å². The Morgan fingerprint density at radius 1 is 0.750 bits per heavy atom. The zero-order chi connectivity index (χ0) is 19.9. The first-order valence-electron chi connectivity index (χ1n) is 8.39. The Labute approximate surface area is 159 Å². The van der Waals surface area contributed by atoms with Crippen LogP contribution in [0, 0.1) is 11.6 Å². The van der Waals surface area contributed by atoms with Gasteiger partial charge in [0.15, 0.2) is 11.6 Å². The minimum atomic E-state index is -0.759. The number of halogens is 2. The molecule has 3 aromatic carbocycles. The van der Waals surface area contributed by atoms with Gasteiger partial charge in [-0.1, -0.05) is 0 Å². The molecule has 3 aromatic rings. The van der Waals surface area contributed by atoms with Gasteiger partial charge in [0, 0.05) is 12.1 Å². The highest BCUT2D eigenvalue weighted by molar-refractivity contribution is 5.50. The van der Waals surface area contributed by atoms with Crippen molar-refractivity contribution in [1.82, 2.24) is 0 Å². The predicted molar refractivity (Wildman–Crippen MR) is 100 cm³/mol. The van der Waals surface area contributed by atoms with Gasteiger partial charge in [-0.25, -0.2) is 8.78 Å². The summed E-state index contributed by atoms with van der Waals surface area (Å²) in [4.78, 5) is 0. The molecule has 0 saturated carbocycles. The molecule has 0 atom stereocenters. The zero-order valence-electron chi connectivity index (χ0n) is 14.9. The average molecular weight is 382 g/mol. The number of nitrogens with zero attached hydrogens (tertiary/aromatic N) is 4. The molecule has 142 valence electrons. The van der Waals surface area contributed by atoms with Gasteiger partial charge in [-0.2, -0.15) is 10.2 Å². The molecule has 0 aliphatic rings. The van der Waals surface area contributed by atoms with Crippen LogP contribution in [0.1, 0.15) is 6.92 Å². The molecule has 0 fully saturated rings. The summed E-state index contributed by atoms with van der Waals surface area (Å²) in [6.07, 6.45) is 0. The fourth-order valence-corrected chi connectivity index (χ4v) is 2.21. The minimum absolute atomic E-state index is 0.0764. The third-order valence-corrected chi connectivity index (χ3v) is 3.56. The van der Waals surface area contributed by atoms with Crippen molar-refractivity contribution in [2.45, 2.75) is 6.92 Å². The summed E-state index contributed by atoms with van der Waals surface area (Å²) in [5.41, 5.74) is 0.695. The molecule has 6 nitrogen and oxygen atoms in total. The fraction of sp³-hybridized carbons (Fsp3) is 0.100. The van der Waals surface area contributed by atoms with Gasteiger partial charge < -0.3 is 9.84 Å². The summed E-state index contributed by atoms with van der Waals surface area (Å²) in [5, 5.41) is 24.5. The van der Waals surface area contributed by atoms with Crippen molar-refractivity contribution in [1.29, 1.82) is 0 Å². The number of phenolic OH excluding ortho intramolecular Hbond substituents is 1. The number of azo groups is 2. The summed E-state index contributed by atoms with van der Waals surface area (Å²) in [7, 11) is 0. The topological polar surface area (TPSA) is 78.9 Å². The fourth-order valence-electron chi connectivity index (χ4n) is 2.21. The average Bonchev–Trinajstić information content (AvgIpc) is 2.68. The van der Waals surface area contributed by atoms with Crippen LogP contribution in [0.3, 0.4) is 0 Å². The van der Waals surface area contributed by atoms with E-state index in [-0.39, 0.29) is 17.1 Å². The van der Waals surface area contributed by atoms with Crippen LogP contribution >= 0.6 is 0 Å². The Hall–Kier alpha value is -3.68. The Bertz CT molecular complexity index is 1020. The first-order valence-corrected chi connectivity index (χ1v) is 8.39. The molecule has 0 spiro atoms. The van der Waals surface area contributed by atoms with E-state index in [0.717, 1.165) is 17.9 Å². The smallest absolute Gasteiger partial charge is 0.154 e. The molecule has 0 radical (unpaired) electrons. The molecule has 28 heavy (non-hydrogen) atoms. The molecule has 0 unspecified atom stereocenters. The zero-order valence-corrected chi connectivity index (χ0v) is 14.9. The largest absolute Gasteiger partial charge is 0.508 e. The lowest BCUT2D eigenvalue weighted by atomic mass is 10.3. The molecule has 0 aliphatic carbocycles. The van der Waals surface area contributed by atoms with Crippen molar-refractivity contribution in [3.8, 4) is 11.5 Å². The highest BCUT2D eigenvalue weighted by Crippen LogP contribution is 2.28. The van der Waals surface area contributed by atoms with Crippen LogP contribution in [0.4, 0.5) is 31.5 Å². The van der Waals surface area contributed by atoms with E-state index in [1.807, 2.05) is 6.92 Å². The summed E-state index contributed by atoms with van der Waals surface area (Å²) in [6.45, 7) is 2.47. The summed E-state index contributed by atoms with van der Waals surface area (Å²) < 4.78 is 33.1. The van der Waals surface area contributed by atoms with Gasteiger partial charge in [0.2, 0.25) is 0 Å². The Kier molecular flexibility index (Phi) is 6.01. The van der Waals surface area contributed by atoms with E-state index in [0.29, 0.717) is 18.0 Å². The van der Waals surface area contributed by atoms with E-state index < -0.39 is 11.6 Å². The lowest BCUT2D eigenvalue weighted by Gasteiger charge is -2.01. The van der Waals surface area contributed by atoms with Crippen LogP contribution in [0.2, 0.25) is 0 Å². The SMILES string of the molecule is CCOc1ccc(N=Nc2ccc(N=Nc3ccc(O)cc3F)c(F)c2)cc1. The molecule has 0 bridgehead atoms. The summed E-state index contributed by atoms with van der Waals surface area (Å²) in [6, 6.07) is 14.4. The van der Waals surface area contributed by atoms with E-state index >= 15 is 0 Å². The van der Waals surface area contributed by atoms with E-state index in [9.17, 15) is 13.9 Å². The third-order valence-electron chi connectivity index (χ3n) is 3.56. The third kappa shape index (κ3) is 4.94. The molecule has 0 saturated heterocycles. The first-order chi connectivity index (χ1) is 13.5. The van der Waals surface area contributed by atoms with Crippen LogP contribution in [0.25, 0.3) is 0 Å². The maximum atomic E-state index is 14.2. The maximum absolute atomic E-state index is 14.2. The van der Waals surface area contributed by atoms with Crippen molar-refractivity contribution in [2.24, 2.45) is 20.5 Å². The van der Waals surface area contributed by atoms with E-state index in [4.69, 9.17) is 4.74 Å². The van der Waals surface area contributed by atoms with Crippen LogP contribution in [0.15, 0.2) is 81.1 Å². The minimum Gasteiger partial charge on any atom is -0.508 e. The van der Waals surface area contributed by atoms with E-state index in [1.54, 1.807) is 24.3 Å². The Morgan fingerprint density at radius 3 is 1.93 bits per heavy atom. The molecule has 0 heterocycles. The second-order valence-corrected chi connectivity index (χ2v) is 5.60. The maximum Gasteiger partial charge on any atom is 0.154 e. The molecule has 0 aromatic heterocycles. The highest BCUT2D eigenvalue weighted by atomic mass is 19.1. The highest BCUT2D eigenvalue weighted by Gasteiger charge is 2.05. The number of hydrogen-bond acceptors (Lipinski definition) is 6. The van der Waals surface area contributed by atoms with Crippen molar-refractivity contribution in [2.75, 3.05) is 6.61 Å². The standard InChI is InChI=1S/C20H16F2N4O2/c1-2-28-16-7-3-13(4-8-16)23-24-14-5-9-19(17(21)11-14)25-26-20-10-6-15(27)12-18(20)22/h3-12,27H,2H2,1H3. The first kappa shape index (κ1) is 19.1. The van der Waals surface area contributed by atoms with Gasteiger partial charge in [0.1, 0.15) is 22.9 Å². The van der Waals surface area contributed by atoms with Crippen molar-refractivity contribution in [3.05, 3.63) is 72.3 Å². The lowest BCUT2D eigenvalue weighted by Crippen LogP contribution is -1.89. The second kappa shape index (κ2) is 8.81. The number of ether oxygens (including phenoxy) is 1. The van der Waals surface area contributed by atoms with Gasteiger partial charge in [-0.15, -0.1) is 10.2 Å². The van der Waals surface area contributed by atoms with Crippen LogP contribution in [-0.2, 0) is 0 Å². The Morgan fingerprint density at radius 2 is 1.32 bits per heavy atom. The van der Waals surface area contributed by atoms with Crippen LogP contribution < -0.4 is 4.74 Å². The molecule has 1 N–H and O–H groups in total. The molecule has 3 rings (SSSR count). The van der Waals surface area contributed by atoms with E-state index in [2.05, 4.69) is 20.5 Å². The normalized spacial score (nSPS) is 11.4. The number of aromatic hydroxyl groups is 1. The molecule has 0 amide bonds. The second-order valence-electron chi connectivity index (χ2n) is 5.60. The quantitative estimate of drug-likeness (QED) is 0.471. The number of rotatable bonds is 6.